The monoisotopic (exact) mass is 251 g/mol. The van der Waals surface area contributed by atoms with E-state index in [9.17, 15) is 9.90 Å². The van der Waals surface area contributed by atoms with Crippen LogP contribution in [0.3, 0.4) is 0 Å². The number of aliphatic hydroxyl groups is 1. The molecule has 2 aromatic rings. The highest BCUT2D eigenvalue weighted by Gasteiger charge is 2.17. The number of hydrogen-bond donors (Lipinski definition) is 2. The topological polar surface area (TPSA) is 49.3 Å². The van der Waals surface area contributed by atoms with E-state index < -0.39 is 12.0 Å². The van der Waals surface area contributed by atoms with Gasteiger partial charge in [-0.3, -0.25) is 4.79 Å². The Labute approximate surface area is 111 Å². The molecule has 19 heavy (non-hydrogen) atoms. The van der Waals surface area contributed by atoms with Crippen molar-refractivity contribution in [3.8, 4) is 12.3 Å². The van der Waals surface area contributed by atoms with Crippen LogP contribution in [0, 0.1) is 12.3 Å². The summed E-state index contributed by atoms with van der Waals surface area (Å²) in [5.74, 6) is 1.98. The highest BCUT2D eigenvalue weighted by molar-refractivity contribution is 5.95. The molecule has 3 nitrogen and oxygen atoms in total. The first-order valence-electron chi connectivity index (χ1n) is 5.82. The van der Waals surface area contributed by atoms with Crippen molar-refractivity contribution in [3.05, 3.63) is 65.7 Å². The van der Waals surface area contributed by atoms with E-state index in [-0.39, 0.29) is 0 Å². The van der Waals surface area contributed by atoms with Gasteiger partial charge in [0, 0.05) is 5.56 Å². The van der Waals surface area contributed by atoms with Crippen LogP contribution in [0.1, 0.15) is 17.2 Å². The van der Waals surface area contributed by atoms with Gasteiger partial charge in [0.05, 0.1) is 5.69 Å². The van der Waals surface area contributed by atoms with E-state index in [1.165, 1.54) is 0 Å². The number of aliphatic hydroxyl groups excluding tert-OH is 1. The molecule has 2 rings (SSSR count). The Morgan fingerprint density at radius 1 is 1.11 bits per heavy atom. The third-order valence-corrected chi connectivity index (χ3v) is 2.70. The molecule has 0 heterocycles. The van der Waals surface area contributed by atoms with Crippen molar-refractivity contribution in [2.45, 2.75) is 6.10 Å². The first-order chi connectivity index (χ1) is 9.22. The van der Waals surface area contributed by atoms with Crippen molar-refractivity contribution in [1.29, 1.82) is 0 Å². The number of benzene rings is 2. The SMILES string of the molecule is C#Cc1ccccc1NC(=O)[C@H](O)c1ccccc1. The summed E-state index contributed by atoms with van der Waals surface area (Å²) in [7, 11) is 0. The van der Waals surface area contributed by atoms with E-state index >= 15 is 0 Å². The third-order valence-electron chi connectivity index (χ3n) is 2.70. The molecule has 1 amide bonds. The van der Waals surface area contributed by atoms with Crippen molar-refractivity contribution in [2.75, 3.05) is 5.32 Å². The average molecular weight is 251 g/mol. The summed E-state index contributed by atoms with van der Waals surface area (Å²) in [6.45, 7) is 0. The molecule has 2 aromatic carbocycles. The number of terminal acetylenes is 1. The van der Waals surface area contributed by atoms with Crippen molar-refractivity contribution in [1.82, 2.24) is 0 Å². The van der Waals surface area contributed by atoms with Crippen molar-refractivity contribution in [3.63, 3.8) is 0 Å². The minimum atomic E-state index is -1.22. The highest BCUT2D eigenvalue weighted by Crippen LogP contribution is 2.18. The molecule has 0 saturated heterocycles. The predicted molar refractivity (Wildman–Crippen MR) is 74.4 cm³/mol. The molecule has 0 aromatic heterocycles. The molecule has 1 atom stereocenters. The van der Waals surface area contributed by atoms with Crippen LogP contribution >= 0.6 is 0 Å². The van der Waals surface area contributed by atoms with E-state index in [0.717, 1.165) is 0 Å². The molecular weight excluding hydrogens is 238 g/mol. The molecule has 3 heteroatoms. The number of carbonyl (C=O) groups excluding carboxylic acids is 1. The molecule has 94 valence electrons. The van der Waals surface area contributed by atoms with E-state index in [1.54, 1.807) is 48.5 Å². The van der Waals surface area contributed by atoms with Crippen LogP contribution < -0.4 is 5.32 Å². The normalized spacial score (nSPS) is 11.4. The fourth-order valence-electron chi connectivity index (χ4n) is 1.71. The zero-order valence-corrected chi connectivity index (χ0v) is 10.2. The van der Waals surface area contributed by atoms with Crippen LogP contribution in [-0.4, -0.2) is 11.0 Å². The third kappa shape index (κ3) is 3.01. The molecule has 0 aliphatic heterocycles. The lowest BCUT2D eigenvalue weighted by Crippen LogP contribution is -2.21. The van der Waals surface area contributed by atoms with Crippen LogP contribution in [0.25, 0.3) is 0 Å². The first-order valence-corrected chi connectivity index (χ1v) is 5.82. The molecule has 0 saturated carbocycles. The Balaban J connectivity index is 2.16. The number of amides is 1. The van der Waals surface area contributed by atoms with Crippen molar-refractivity contribution < 1.29 is 9.90 Å². The number of carbonyl (C=O) groups is 1. The van der Waals surface area contributed by atoms with Gasteiger partial charge in [-0.15, -0.1) is 6.42 Å². The number of rotatable bonds is 3. The molecule has 0 spiro atoms. The lowest BCUT2D eigenvalue weighted by molar-refractivity contribution is -0.124. The maximum absolute atomic E-state index is 12.0. The number of nitrogens with one attached hydrogen (secondary N) is 1. The van der Waals surface area contributed by atoms with Gasteiger partial charge < -0.3 is 10.4 Å². The summed E-state index contributed by atoms with van der Waals surface area (Å²) in [5.41, 5.74) is 1.64. The molecule has 0 fully saturated rings. The lowest BCUT2D eigenvalue weighted by Gasteiger charge is -2.12. The van der Waals surface area contributed by atoms with Crippen molar-refractivity contribution >= 4 is 11.6 Å². The predicted octanol–water partition coefficient (Wildman–Crippen LogP) is 2.34. The Hall–Kier alpha value is -2.57. The number of hydrogen-bond acceptors (Lipinski definition) is 2. The minimum Gasteiger partial charge on any atom is -0.378 e. The molecule has 0 radical (unpaired) electrons. The smallest absolute Gasteiger partial charge is 0.257 e. The van der Waals surface area contributed by atoms with Crippen molar-refractivity contribution in [2.24, 2.45) is 0 Å². The molecule has 0 aliphatic carbocycles. The van der Waals surface area contributed by atoms with E-state index in [2.05, 4.69) is 11.2 Å². The van der Waals surface area contributed by atoms with Gasteiger partial charge in [-0.1, -0.05) is 48.4 Å². The molecule has 0 aliphatic rings. The lowest BCUT2D eigenvalue weighted by atomic mass is 10.1. The maximum Gasteiger partial charge on any atom is 0.257 e. The number of anilines is 1. The fourth-order valence-corrected chi connectivity index (χ4v) is 1.71. The Bertz CT molecular complexity index is 614. The average Bonchev–Trinajstić information content (AvgIpc) is 2.48. The zero-order chi connectivity index (χ0) is 13.7. The highest BCUT2D eigenvalue weighted by atomic mass is 16.3. The standard InChI is InChI=1S/C16H13NO2/c1-2-12-8-6-7-11-14(12)17-16(19)15(18)13-9-4-3-5-10-13/h1,3-11,15,18H,(H,17,19)/t15-/m1/s1. The maximum atomic E-state index is 12.0. The fraction of sp³-hybridized carbons (Fsp3) is 0.0625. The molecule has 0 bridgehead atoms. The van der Waals surface area contributed by atoms with Gasteiger partial charge in [0.2, 0.25) is 0 Å². The summed E-state index contributed by atoms with van der Waals surface area (Å²) < 4.78 is 0. The second kappa shape index (κ2) is 5.85. The Kier molecular flexibility index (Phi) is 3.97. The van der Waals surface area contributed by atoms with Gasteiger partial charge in [0.1, 0.15) is 0 Å². The van der Waals surface area contributed by atoms with Gasteiger partial charge in [-0.25, -0.2) is 0 Å². The molecule has 2 N–H and O–H groups in total. The van der Waals surface area contributed by atoms with E-state index in [1.807, 2.05) is 6.07 Å². The number of para-hydroxylation sites is 1. The van der Waals surface area contributed by atoms with E-state index in [4.69, 9.17) is 6.42 Å². The Morgan fingerprint density at radius 3 is 2.42 bits per heavy atom. The molecule has 0 unspecified atom stereocenters. The second-order valence-corrected chi connectivity index (χ2v) is 3.99. The second-order valence-electron chi connectivity index (χ2n) is 3.99. The van der Waals surface area contributed by atoms with Crippen LogP contribution in [0.5, 0.6) is 0 Å². The van der Waals surface area contributed by atoms with Gasteiger partial charge in [-0.2, -0.15) is 0 Å². The largest absolute Gasteiger partial charge is 0.378 e. The van der Waals surface area contributed by atoms with Crippen LogP contribution in [-0.2, 0) is 4.79 Å². The van der Waals surface area contributed by atoms with Gasteiger partial charge in [-0.05, 0) is 17.7 Å². The summed E-state index contributed by atoms with van der Waals surface area (Å²) in [4.78, 5) is 12.0. The zero-order valence-electron chi connectivity index (χ0n) is 10.2. The van der Waals surface area contributed by atoms with Crippen LogP contribution in [0.2, 0.25) is 0 Å². The Morgan fingerprint density at radius 2 is 1.74 bits per heavy atom. The summed E-state index contributed by atoms with van der Waals surface area (Å²) in [5, 5.41) is 12.6. The summed E-state index contributed by atoms with van der Waals surface area (Å²) in [6, 6.07) is 15.7. The van der Waals surface area contributed by atoms with Crippen LogP contribution in [0.4, 0.5) is 5.69 Å². The van der Waals surface area contributed by atoms with Gasteiger partial charge in [0.25, 0.3) is 5.91 Å². The minimum absolute atomic E-state index is 0.506. The molecular formula is C16H13NO2. The van der Waals surface area contributed by atoms with Crippen LogP contribution in [0.15, 0.2) is 54.6 Å². The van der Waals surface area contributed by atoms with Gasteiger partial charge >= 0.3 is 0 Å². The summed E-state index contributed by atoms with van der Waals surface area (Å²) >= 11 is 0. The summed E-state index contributed by atoms with van der Waals surface area (Å²) in [6.07, 6.45) is 4.13. The quantitative estimate of drug-likeness (QED) is 0.823. The van der Waals surface area contributed by atoms with Gasteiger partial charge in [0.15, 0.2) is 6.10 Å². The van der Waals surface area contributed by atoms with E-state index in [0.29, 0.717) is 16.8 Å². The first kappa shape index (κ1) is 12.9.